The molecular formula is C12H28O3. The highest BCUT2D eigenvalue weighted by atomic mass is 16.4. The van der Waals surface area contributed by atoms with Crippen molar-refractivity contribution < 1.29 is 15.0 Å². The molecule has 1 atom stereocenters. The van der Waals surface area contributed by atoms with Crippen molar-refractivity contribution in [2.75, 3.05) is 0 Å². The molecule has 0 saturated heterocycles. The van der Waals surface area contributed by atoms with Crippen molar-refractivity contribution in [3.05, 3.63) is 0 Å². The third-order valence-electron chi connectivity index (χ3n) is 1.55. The molecule has 0 bridgehead atoms. The van der Waals surface area contributed by atoms with Crippen LogP contribution < -0.4 is 0 Å². The molecule has 2 N–H and O–H groups in total. The molecule has 0 aliphatic heterocycles. The first kappa shape index (κ1) is 19.9. The van der Waals surface area contributed by atoms with Crippen molar-refractivity contribution in [3.8, 4) is 0 Å². The van der Waals surface area contributed by atoms with Crippen molar-refractivity contribution in [1.29, 1.82) is 0 Å². The molecule has 0 radical (unpaired) electrons. The third kappa shape index (κ3) is 89.4. The van der Waals surface area contributed by atoms with E-state index < -0.39 is 5.97 Å². The van der Waals surface area contributed by atoms with Gasteiger partial charge in [0.15, 0.2) is 0 Å². The van der Waals surface area contributed by atoms with Crippen molar-refractivity contribution >= 4 is 5.97 Å². The lowest BCUT2D eigenvalue weighted by Gasteiger charge is -1.90. The van der Waals surface area contributed by atoms with Crippen LogP contribution in [0, 0.1) is 0 Å². The molecule has 0 spiro atoms. The zero-order valence-electron chi connectivity index (χ0n) is 10.9. The van der Waals surface area contributed by atoms with Crippen LogP contribution in [-0.4, -0.2) is 22.3 Å². The third-order valence-corrected chi connectivity index (χ3v) is 1.55. The van der Waals surface area contributed by atoms with Gasteiger partial charge in [0.05, 0.1) is 6.10 Å². The molecule has 0 aromatic rings. The van der Waals surface area contributed by atoms with Crippen molar-refractivity contribution in [2.24, 2.45) is 0 Å². The van der Waals surface area contributed by atoms with Gasteiger partial charge >= 0.3 is 0 Å². The maximum absolute atomic E-state index is 9.00. The van der Waals surface area contributed by atoms with Crippen LogP contribution in [-0.2, 0) is 4.79 Å². The molecule has 15 heavy (non-hydrogen) atoms. The van der Waals surface area contributed by atoms with Gasteiger partial charge in [-0.3, -0.25) is 4.79 Å². The number of carboxylic acid groups (broad SMARTS) is 1. The minimum Gasteiger partial charge on any atom is -0.481 e. The van der Waals surface area contributed by atoms with E-state index in [-0.39, 0.29) is 6.10 Å². The average molecular weight is 220 g/mol. The molecule has 3 heteroatoms. The smallest absolute Gasteiger partial charge is 0.300 e. The number of carbonyl (C=O) groups is 1. The monoisotopic (exact) mass is 220 g/mol. The van der Waals surface area contributed by atoms with E-state index in [1.165, 1.54) is 25.7 Å². The molecule has 0 fully saturated rings. The number of hydrogen-bond donors (Lipinski definition) is 2. The molecule has 1 unspecified atom stereocenters. The fourth-order valence-electron chi connectivity index (χ4n) is 0.500. The highest BCUT2D eigenvalue weighted by molar-refractivity contribution is 5.62. The number of unbranched alkanes of at least 4 members (excludes halogenated alkanes) is 3. The van der Waals surface area contributed by atoms with Gasteiger partial charge in [0.2, 0.25) is 0 Å². The van der Waals surface area contributed by atoms with E-state index in [1.54, 1.807) is 6.92 Å². The van der Waals surface area contributed by atoms with Crippen LogP contribution in [0.4, 0.5) is 0 Å². The maximum Gasteiger partial charge on any atom is 0.300 e. The summed E-state index contributed by atoms with van der Waals surface area (Å²) in [5, 5.41) is 15.8. The Morgan fingerprint density at radius 3 is 1.40 bits per heavy atom. The number of aliphatic hydroxyl groups excluding tert-OH is 1. The molecule has 0 saturated carbocycles. The van der Waals surface area contributed by atoms with E-state index in [9.17, 15) is 0 Å². The minimum absolute atomic E-state index is 0.116. The second kappa shape index (κ2) is 19.1. The molecule has 0 amide bonds. The van der Waals surface area contributed by atoms with Gasteiger partial charge in [0.25, 0.3) is 5.97 Å². The Kier molecular flexibility index (Phi) is 25.3. The van der Waals surface area contributed by atoms with Crippen molar-refractivity contribution in [2.45, 2.75) is 72.8 Å². The first-order chi connectivity index (χ1) is 6.92. The van der Waals surface area contributed by atoms with Crippen molar-refractivity contribution in [3.63, 3.8) is 0 Å². The zero-order chi connectivity index (χ0) is 12.7. The lowest BCUT2D eigenvalue weighted by Crippen LogP contribution is -1.93. The fraction of sp³-hybridized carbons (Fsp3) is 0.917. The second-order valence-corrected chi connectivity index (χ2v) is 3.48. The molecule has 0 aliphatic rings. The van der Waals surface area contributed by atoms with Crippen LogP contribution in [0.1, 0.15) is 66.7 Å². The molecule has 0 heterocycles. The van der Waals surface area contributed by atoms with Crippen LogP contribution >= 0.6 is 0 Å². The van der Waals surface area contributed by atoms with Crippen LogP contribution in [0.2, 0.25) is 0 Å². The maximum atomic E-state index is 9.00. The highest BCUT2D eigenvalue weighted by Crippen LogP contribution is 1.95. The Hall–Kier alpha value is -0.570. The topological polar surface area (TPSA) is 57.5 Å². The summed E-state index contributed by atoms with van der Waals surface area (Å²) in [6.45, 7) is 9.27. The molecule has 3 nitrogen and oxygen atoms in total. The van der Waals surface area contributed by atoms with Gasteiger partial charge < -0.3 is 10.2 Å². The molecular weight excluding hydrogens is 192 g/mol. The normalized spacial score (nSPS) is 10.3. The standard InChI is InChI=1S/C6H14.C4H10O.C2H4O2/c1-3-5-6-4-2;1-3-4(2)5;1-2(3)4/h3-6H2,1-2H3;4-5H,3H2,1-2H3;1H3,(H,3,4). The van der Waals surface area contributed by atoms with Crippen LogP contribution in [0.25, 0.3) is 0 Å². The van der Waals surface area contributed by atoms with Gasteiger partial charge in [-0.1, -0.05) is 46.5 Å². The Bertz CT molecular complexity index is 103. The second-order valence-electron chi connectivity index (χ2n) is 3.48. The first-order valence-electron chi connectivity index (χ1n) is 5.79. The van der Waals surface area contributed by atoms with E-state index >= 15 is 0 Å². The van der Waals surface area contributed by atoms with Crippen LogP contribution in [0.15, 0.2) is 0 Å². The van der Waals surface area contributed by atoms with Gasteiger partial charge in [0.1, 0.15) is 0 Å². The lowest BCUT2D eigenvalue weighted by molar-refractivity contribution is -0.134. The predicted molar refractivity (Wildman–Crippen MR) is 65.1 cm³/mol. The summed E-state index contributed by atoms with van der Waals surface area (Å²) in [5.41, 5.74) is 0. The average Bonchev–Trinajstić information content (AvgIpc) is 2.14. The summed E-state index contributed by atoms with van der Waals surface area (Å²) in [5.74, 6) is -0.833. The number of aliphatic carboxylic acids is 1. The van der Waals surface area contributed by atoms with Gasteiger partial charge in [-0.25, -0.2) is 0 Å². The molecule has 0 aromatic carbocycles. The van der Waals surface area contributed by atoms with E-state index in [0.717, 1.165) is 13.3 Å². The number of carboxylic acids is 1. The Morgan fingerprint density at radius 2 is 1.33 bits per heavy atom. The fourth-order valence-corrected chi connectivity index (χ4v) is 0.500. The van der Waals surface area contributed by atoms with Gasteiger partial charge in [0, 0.05) is 6.92 Å². The number of rotatable bonds is 4. The largest absolute Gasteiger partial charge is 0.481 e. The molecule has 0 aliphatic carbocycles. The summed E-state index contributed by atoms with van der Waals surface area (Å²) in [6, 6.07) is 0. The summed E-state index contributed by atoms with van der Waals surface area (Å²) < 4.78 is 0. The molecule has 0 rings (SSSR count). The first-order valence-corrected chi connectivity index (χ1v) is 5.79. The van der Waals surface area contributed by atoms with Gasteiger partial charge in [-0.15, -0.1) is 0 Å². The van der Waals surface area contributed by atoms with E-state index in [4.69, 9.17) is 15.0 Å². The highest BCUT2D eigenvalue weighted by Gasteiger charge is 1.81. The Labute approximate surface area is 94.5 Å². The quantitative estimate of drug-likeness (QED) is 0.713. The summed E-state index contributed by atoms with van der Waals surface area (Å²) in [7, 11) is 0. The molecule has 0 aromatic heterocycles. The Balaban J connectivity index is -0.000000147. The molecule has 94 valence electrons. The SMILES string of the molecule is CC(=O)O.CCC(C)O.CCCCCC. The van der Waals surface area contributed by atoms with Crippen molar-refractivity contribution in [1.82, 2.24) is 0 Å². The zero-order valence-corrected chi connectivity index (χ0v) is 10.9. The summed E-state index contributed by atoms with van der Waals surface area (Å²) >= 11 is 0. The van der Waals surface area contributed by atoms with Gasteiger partial charge in [-0.05, 0) is 13.3 Å². The van der Waals surface area contributed by atoms with Crippen LogP contribution in [0.3, 0.4) is 0 Å². The Morgan fingerprint density at radius 1 is 1.13 bits per heavy atom. The van der Waals surface area contributed by atoms with E-state index in [1.807, 2.05) is 6.92 Å². The summed E-state index contributed by atoms with van der Waals surface area (Å²) in [4.78, 5) is 9.00. The minimum atomic E-state index is -0.833. The van der Waals surface area contributed by atoms with Gasteiger partial charge in [-0.2, -0.15) is 0 Å². The van der Waals surface area contributed by atoms with E-state index in [2.05, 4.69) is 13.8 Å². The number of aliphatic hydroxyl groups is 1. The lowest BCUT2D eigenvalue weighted by atomic mass is 10.2. The van der Waals surface area contributed by atoms with Crippen LogP contribution in [0.5, 0.6) is 0 Å². The number of hydrogen-bond acceptors (Lipinski definition) is 2. The predicted octanol–water partition coefficient (Wildman–Crippen LogP) is 3.45. The van der Waals surface area contributed by atoms with E-state index in [0.29, 0.717) is 0 Å². The summed E-state index contributed by atoms with van der Waals surface area (Å²) in [6.07, 6.45) is 6.28.